The average molecular weight is 413 g/mol. The van der Waals surface area contributed by atoms with Crippen molar-refractivity contribution in [3.63, 3.8) is 0 Å². The number of rotatable bonds is 4. The summed E-state index contributed by atoms with van der Waals surface area (Å²) in [5.41, 5.74) is -3.70. The molecule has 0 N–H and O–H groups in total. The molecule has 9 heteroatoms. The first-order valence-electron chi connectivity index (χ1n) is 8.78. The Morgan fingerprint density at radius 2 is 1.31 bits per heavy atom. The number of hydrogen-bond acceptors (Lipinski definition) is 3. The number of amidine groups is 2. The molecule has 3 nitrogen and oxygen atoms in total. The Kier molecular flexibility index (Phi) is 5.42. The van der Waals surface area contributed by atoms with E-state index < -0.39 is 23.9 Å². The fourth-order valence-electron chi connectivity index (χ4n) is 3.03. The smallest absolute Gasteiger partial charge is 0.310 e. The molecular weight excluding hydrogens is 396 g/mol. The summed E-state index contributed by atoms with van der Waals surface area (Å²) in [6.07, 6.45) is -11.6. The molecule has 0 spiro atoms. The Labute approximate surface area is 163 Å². The van der Waals surface area contributed by atoms with Crippen LogP contribution in [-0.2, 0) is 6.54 Å². The van der Waals surface area contributed by atoms with Crippen LogP contribution in [0.4, 0.5) is 26.3 Å². The van der Waals surface area contributed by atoms with Gasteiger partial charge in [-0.1, -0.05) is 67.6 Å². The first kappa shape index (κ1) is 20.9. The van der Waals surface area contributed by atoms with E-state index in [0.717, 1.165) is 0 Å². The Morgan fingerprint density at radius 3 is 1.79 bits per heavy atom. The maximum Gasteiger partial charge on any atom is 0.443 e. The lowest BCUT2D eigenvalue weighted by Crippen LogP contribution is -2.59. The average Bonchev–Trinajstić information content (AvgIpc) is 2.67. The molecule has 1 aliphatic rings. The highest BCUT2D eigenvalue weighted by Gasteiger charge is 2.73. The quantitative estimate of drug-likeness (QED) is 0.602. The number of benzene rings is 2. The third-order valence-electron chi connectivity index (χ3n) is 4.45. The van der Waals surface area contributed by atoms with Gasteiger partial charge in [0.05, 0.1) is 6.54 Å². The lowest BCUT2D eigenvalue weighted by molar-refractivity contribution is -0.293. The molecule has 0 saturated heterocycles. The van der Waals surface area contributed by atoms with Crippen LogP contribution in [0.5, 0.6) is 0 Å². The third-order valence-corrected chi connectivity index (χ3v) is 4.45. The second-order valence-electron chi connectivity index (χ2n) is 6.42. The predicted octanol–water partition coefficient (Wildman–Crippen LogP) is 5.58. The Balaban J connectivity index is 2.23. The van der Waals surface area contributed by atoms with Gasteiger partial charge in [0, 0.05) is 12.0 Å². The normalized spacial score (nSPS) is 17.0. The highest BCUT2D eigenvalue weighted by atomic mass is 19.4. The van der Waals surface area contributed by atoms with Gasteiger partial charge in [0.1, 0.15) is 11.7 Å². The minimum Gasteiger partial charge on any atom is -0.310 e. The van der Waals surface area contributed by atoms with E-state index in [1.165, 1.54) is 36.1 Å². The van der Waals surface area contributed by atoms with Crippen molar-refractivity contribution in [3.05, 3.63) is 71.8 Å². The zero-order valence-corrected chi connectivity index (χ0v) is 15.3. The zero-order chi connectivity index (χ0) is 21.3. The van der Waals surface area contributed by atoms with Crippen molar-refractivity contribution >= 4 is 11.7 Å². The molecule has 0 amide bonds. The monoisotopic (exact) mass is 413 g/mol. The van der Waals surface area contributed by atoms with Crippen LogP contribution in [0.15, 0.2) is 70.6 Å². The molecule has 0 saturated carbocycles. The number of hydrogen-bond donors (Lipinski definition) is 0. The molecule has 0 atom stereocenters. The molecule has 0 aliphatic carbocycles. The topological polar surface area (TPSA) is 28.0 Å². The molecule has 1 heterocycles. The number of nitrogens with zero attached hydrogens (tertiary/aromatic N) is 3. The van der Waals surface area contributed by atoms with Crippen molar-refractivity contribution in [2.24, 2.45) is 9.98 Å². The molecule has 0 bridgehead atoms. The molecule has 0 aromatic heterocycles. The largest absolute Gasteiger partial charge is 0.443 e. The molecule has 1 aliphatic heterocycles. The van der Waals surface area contributed by atoms with Crippen LogP contribution in [0.2, 0.25) is 0 Å². The summed E-state index contributed by atoms with van der Waals surface area (Å²) < 4.78 is 82.2. The maximum absolute atomic E-state index is 13.7. The van der Waals surface area contributed by atoms with Gasteiger partial charge >= 0.3 is 18.0 Å². The second-order valence-corrected chi connectivity index (χ2v) is 6.42. The molecule has 29 heavy (non-hydrogen) atoms. The van der Waals surface area contributed by atoms with Gasteiger partial charge in [0.2, 0.25) is 0 Å². The van der Waals surface area contributed by atoms with Crippen molar-refractivity contribution in [2.45, 2.75) is 37.9 Å². The third kappa shape index (κ3) is 3.86. The van der Waals surface area contributed by atoms with E-state index in [1.54, 1.807) is 36.4 Å². The van der Waals surface area contributed by atoms with E-state index in [-0.39, 0.29) is 24.4 Å². The summed E-state index contributed by atoms with van der Waals surface area (Å²) in [5.74, 6) is -0.756. The Bertz CT molecular complexity index is 887. The van der Waals surface area contributed by atoms with Crippen molar-refractivity contribution in [2.75, 3.05) is 0 Å². The highest BCUT2D eigenvalue weighted by molar-refractivity contribution is 6.10. The van der Waals surface area contributed by atoms with E-state index in [4.69, 9.17) is 0 Å². The summed E-state index contributed by atoms with van der Waals surface area (Å²) >= 11 is 0. The standard InChI is InChI=1S/C20H17F6N3/c1-2-16-27-18(19(21,22)23,20(24,25)26)28-17(15-11-7-4-8-12-15)29(16)13-14-9-5-3-6-10-14/h3-12H,2,13H2,1H3. The minimum absolute atomic E-state index is 0.0348. The number of alkyl halides is 6. The molecule has 2 aromatic carbocycles. The van der Waals surface area contributed by atoms with Crippen molar-refractivity contribution in [1.29, 1.82) is 0 Å². The van der Waals surface area contributed by atoms with Gasteiger partial charge < -0.3 is 4.90 Å². The van der Waals surface area contributed by atoms with Crippen LogP contribution in [0.25, 0.3) is 0 Å². The fraction of sp³-hybridized carbons (Fsp3) is 0.300. The Morgan fingerprint density at radius 1 is 0.793 bits per heavy atom. The van der Waals surface area contributed by atoms with E-state index in [1.807, 2.05) is 0 Å². The van der Waals surface area contributed by atoms with Crippen LogP contribution in [0.1, 0.15) is 24.5 Å². The molecule has 154 valence electrons. The van der Waals surface area contributed by atoms with Gasteiger partial charge in [-0.3, -0.25) is 0 Å². The van der Waals surface area contributed by atoms with E-state index in [9.17, 15) is 26.3 Å². The maximum atomic E-state index is 13.7. The van der Waals surface area contributed by atoms with Gasteiger partial charge in [0.25, 0.3) is 0 Å². The Hall–Kier alpha value is -2.84. The molecule has 2 aromatic rings. The van der Waals surface area contributed by atoms with Gasteiger partial charge in [-0.25, -0.2) is 9.98 Å². The van der Waals surface area contributed by atoms with E-state index >= 15 is 0 Å². The van der Waals surface area contributed by atoms with Crippen molar-refractivity contribution < 1.29 is 26.3 Å². The fourth-order valence-corrected chi connectivity index (χ4v) is 3.03. The van der Waals surface area contributed by atoms with Gasteiger partial charge in [-0.15, -0.1) is 0 Å². The zero-order valence-electron chi connectivity index (χ0n) is 15.3. The molecular formula is C20H17F6N3. The van der Waals surface area contributed by atoms with Crippen LogP contribution in [0, 0.1) is 0 Å². The molecule has 0 fully saturated rings. The molecule has 3 rings (SSSR count). The summed E-state index contributed by atoms with van der Waals surface area (Å²) in [5, 5.41) is 0. The van der Waals surface area contributed by atoms with Crippen molar-refractivity contribution in [1.82, 2.24) is 4.90 Å². The van der Waals surface area contributed by atoms with Crippen LogP contribution in [-0.4, -0.2) is 34.6 Å². The first-order chi connectivity index (χ1) is 13.6. The summed E-state index contributed by atoms with van der Waals surface area (Å²) in [6, 6.07) is 16.2. The second kappa shape index (κ2) is 7.53. The van der Waals surface area contributed by atoms with Gasteiger partial charge in [-0.05, 0) is 5.56 Å². The number of aliphatic imine (C=N–C) groups is 2. The first-order valence-corrected chi connectivity index (χ1v) is 8.78. The van der Waals surface area contributed by atoms with Crippen LogP contribution < -0.4 is 0 Å². The molecule has 0 radical (unpaired) electrons. The van der Waals surface area contributed by atoms with Crippen molar-refractivity contribution in [3.8, 4) is 0 Å². The molecule has 0 unspecified atom stereocenters. The predicted molar refractivity (Wildman–Crippen MR) is 97.5 cm³/mol. The SMILES string of the molecule is CCC1=NC(C(F)(F)F)(C(F)(F)F)N=C(c2ccccc2)N1Cc1ccccc1. The lowest BCUT2D eigenvalue weighted by atomic mass is 10.1. The van der Waals surface area contributed by atoms with E-state index in [0.29, 0.717) is 5.56 Å². The van der Waals surface area contributed by atoms with Crippen LogP contribution >= 0.6 is 0 Å². The van der Waals surface area contributed by atoms with Gasteiger partial charge in [0.15, 0.2) is 0 Å². The summed E-state index contributed by atoms with van der Waals surface area (Å²) in [4.78, 5) is 7.65. The summed E-state index contributed by atoms with van der Waals surface area (Å²) in [7, 11) is 0. The van der Waals surface area contributed by atoms with Gasteiger partial charge in [-0.2, -0.15) is 26.3 Å². The number of halogens is 6. The summed E-state index contributed by atoms with van der Waals surface area (Å²) in [6.45, 7) is 1.50. The lowest BCUT2D eigenvalue weighted by Gasteiger charge is -2.39. The highest BCUT2D eigenvalue weighted by Crippen LogP contribution is 2.49. The van der Waals surface area contributed by atoms with E-state index in [2.05, 4.69) is 9.98 Å². The minimum atomic E-state index is -5.75. The van der Waals surface area contributed by atoms with Crippen LogP contribution in [0.3, 0.4) is 0 Å².